The Labute approximate surface area is 322 Å². The second kappa shape index (κ2) is 16.6. The smallest absolute Gasteiger partial charge is 0.337 e. The van der Waals surface area contributed by atoms with Crippen molar-refractivity contribution in [1.29, 1.82) is 0 Å². The van der Waals surface area contributed by atoms with Crippen molar-refractivity contribution in [3.8, 4) is 0 Å². The Morgan fingerprint density at radius 2 is 1.55 bits per heavy atom. The summed E-state index contributed by atoms with van der Waals surface area (Å²) in [5, 5.41) is 0.303. The molecule has 0 unspecified atom stereocenters. The van der Waals surface area contributed by atoms with Crippen molar-refractivity contribution in [3.05, 3.63) is 94.3 Å². The minimum absolute atomic E-state index is 0.127. The fourth-order valence-electron chi connectivity index (χ4n) is 6.27. The number of carbonyl (C=O) groups is 6. The maximum absolute atomic E-state index is 14.4. The molecule has 1 fully saturated rings. The summed E-state index contributed by atoms with van der Waals surface area (Å²) < 4.78 is 38.0. The van der Waals surface area contributed by atoms with E-state index in [2.05, 4.69) is 4.98 Å². The van der Waals surface area contributed by atoms with Gasteiger partial charge in [-0.25, -0.2) is 27.8 Å². The van der Waals surface area contributed by atoms with Crippen LogP contribution >= 0.6 is 11.6 Å². The predicted molar refractivity (Wildman–Crippen MR) is 200 cm³/mol. The number of fused-ring (bicyclic) bond motifs is 1. The largest absolute Gasteiger partial charge is 0.465 e. The first-order valence-electron chi connectivity index (χ1n) is 17.3. The molecule has 1 aromatic heterocycles. The van der Waals surface area contributed by atoms with Crippen molar-refractivity contribution in [2.45, 2.75) is 63.6 Å². The normalized spacial score (nSPS) is 15.8. The van der Waals surface area contributed by atoms with Crippen molar-refractivity contribution in [2.24, 2.45) is 17.6 Å². The number of esters is 1. The molecule has 0 bridgehead atoms. The van der Waals surface area contributed by atoms with Gasteiger partial charge in [0.25, 0.3) is 39.5 Å². The number of hydrogen-bond acceptors (Lipinski definition) is 13. The number of nitrogens with zero attached hydrogens (tertiary/aromatic N) is 3. The summed E-state index contributed by atoms with van der Waals surface area (Å²) in [6.07, 6.45) is 0.665. The Morgan fingerprint density at radius 1 is 0.927 bits per heavy atom. The Morgan fingerprint density at radius 3 is 2.15 bits per heavy atom. The lowest BCUT2D eigenvalue weighted by Gasteiger charge is -2.35. The number of aromatic nitrogens is 1. The zero-order chi connectivity index (χ0) is 40.4. The molecule has 1 aliphatic heterocycles. The number of carbonyl (C=O) groups excluding carboxylic acids is 6. The predicted octanol–water partition coefficient (Wildman–Crippen LogP) is 4.24. The number of Topliss-reactive ketones (excluding diaryl/α,β-unsaturated/α-hetero) is 1. The molecule has 15 nitrogen and oxygen atoms in total. The van der Waals surface area contributed by atoms with Crippen LogP contribution in [0.2, 0.25) is 5.02 Å². The van der Waals surface area contributed by atoms with Crippen LogP contribution in [0, 0.1) is 11.8 Å². The Balaban J connectivity index is 1.42. The fourth-order valence-corrected chi connectivity index (χ4v) is 7.37. The van der Waals surface area contributed by atoms with Gasteiger partial charge >= 0.3 is 5.97 Å². The van der Waals surface area contributed by atoms with Gasteiger partial charge in [-0.15, -0.1) is 0 Å². The average Bonchev–Trinajstić information content (AvgIpc) is 3.81. The number of oxazole rings is 1. The molecule has 3 N–H and O–H groups in total. The molecule has 55 heavy (non-hydrogen) atoms. The number of nitrogens with two attached hydrogens (primary N) is 1. The number of benzene rings is 3. The van der Waals surface area contributed by atoms with Gasteiger partial charge in [-0.2, -0.15) is 0 Å². The molecule has 2 heterocycles. The van der Waals surface area contributed by atoms with Crippen LogP contribution in [0.5, 0.6) is 0 Å². The summed E-state index contributed by atoms with van der Waals surface area (Å²) in [7, 11) is -3.02. The maximum Gasteiger partial charge on any atom is 0.337 e. The SMILES string of the molecule is COC(=O)c1ccc2oc(C(=O)[C@H](C(C)C)N3CCC[C@H]3C(=O)N(C(=O)c3ccc(C(=O)NS(=O)(=O)c4ccc(Cl)cc4)cc3)C(=O)[C@@H](N)C(C)C)nc2c1. The number of likely N-dealkylation sites (tertiary alicyclic amines) is 1. The Bertz CT molecular complexity index is 2250. The van der Waals surface area contributed by atoms with Crippen molar-refractivity contribution >= 4 is 68.1 Å². The molecule has 0 aliphatic carbocycles. The zero-order valence-corrected chi connectivity index (χ0v) is 32.2. The number of hydrogen-bond donors (Lipinski definition) is 2. The van der Waals surface area contributed by atoms with Crippen molar-refractivity contribution in [1.82, 2.24) is 19.5 Å². The number of ether oxygens (including phenoxy) is 1. The molecule has 0 radical (unpaired) electrons. The van der Waals surface area contributed by atoms with Crippen LogP contribution in [0.4, 0.5) is 0 Å². The minimum atomic E-state index is -4.26. The molecule has 4 amide bonds. The third-order valence-electron chi connectivity index (χ3n) is 9.25. The van der Waals surface area contributed by atoms with E-state index < -0.39 is 69.4 Å². The van der Waals surface area contributed by atoms with Crippen molar-refractivity contribution in [2.75, 3.05) is 13.7 Å². The highest BCUT2D eigenvalue weighted by Gasteiger charge is 2.46. The van der Waals surface area contributed by atoms with Crippen LogP contribution in [0.1, 0.15) is 82.3 Å². The van der Waals surface area contributed by atoms with Gasteiger partial charge in [-0.3, -0.25) is 28.9 Å². The lowest BCUT2D eigenvalue weighted by Crippen LogP contribution is -2.58. The van der Waals surface area contributed by atoms with Gasteiger partial charge in [0.15, 0.2) is 5.58 Å². The van der Waals surface area contributed by atoms with E-state index in [-0.39, 0.29) is 57.5 Å². The monoisotopic (exact) mass is 793 g/mol. The lowest BCUT2D eigenvalue weighted by molar-refractivity contribution is -0.145. The minimum Gasteiger partial charge on any atom is -0.465 e. The molecule has 1 aliphatic rings. The summed E-state index contributed by atoms with van der Waals surface area (Å²) in [5.74, 6) is -6.09. The van der Waals surface area contributed by atoms with Crippen LogP contribution in [0.25, 0.3) is 11.1 Å². The summed E-state index contributed by atoms with van der Waals surface area (Å²) in [6.45, 7) is 7.14. The molecule has 0 saturated carbocycles. The zero-order valence-electron chi connectivity index (χ0n) is 30.6. The molecular weight excluding hydrogens is 754 g/mol. The highest BCUT2D eigenvalue weighted by atomic mass is 35.5. The van der Waals surface area contributed by atoms with E-state index in [0.29, 0.717) is 16.3 Å². The number of amides is 4. The van der Waals surface area contributed by atoms with Crippen LogP contribution < -0.4 is 10.5 Å². The Hall–Kier alpha value is -5.29. The summed E-state index contributed by atoms with van der Waals surface area (Å²) in [5.41, 5.74) is 6.63. The number of sulfonamides is 1. The van der Waals surface area contributed by atoms with E-state index in [9.17, 15) is 37.2 Å². The second-order valence-electron chi connectivity index (χ2n) is 13.7. The van der Waals surface area contributed by atoms with Crippen molar-refractivity contribution in [3.63, 3.8) is 0 Å². The van der Waals surface area contributed by atoms with Gasteiger partial charge in [0, 0.05) is 16.1 Å². The molecule has 0 spiro atoms. The van der Waals surface area contributed by atoms with Gasteiger partial charge in [0.2, 0.25) is 5.78 Å². The quantitative estimate of drug-likeness (QED) is 0.117. The number of imide groups is 3. The van der Waals surface area contributed by atoms with E-state index in [1.54, 1.807) is 32.6 Å². The molecule has 17 heteroatoms. The molecule has 1 saturated heterocycles. The summed E-state index contributed by atoms with van der Waals surface area (Å²) >= 11 is 5.84. The van der Waals surface area contributed by atoms with Crippen molar-refractivity contribution < 1.29 is 46.3 Å². The summed E-state index contributed by atoms with van der Waals surface area (Å²) in [6, 6.07) is 11.0. The van der Waals surface area contributed by atoms with E-state index in [1.165, 1.54) is 73.8 Å². The topological polar surface area (TPSA) is 216 Å². The molecule has 290 valence electrons. The van der Waals surface area contributed by atoms with Gasteiger partial charge in [-0.05, 0) is 98.0 Å². The number of ketones is 1. The molecule has 5 rings (SSSR count). The summed E-state index contributed by atoms with van der Waals surface area (Å²) in [4.78, 5) is 87.6. The van der Waals surface area contributed by atoms with E-state index in [1.807, 2.05) is 4.72 Å². The van der Waals surface area contributed by atoms with E-state index in [4.69, 9.17) is 26.5 Å². The molecule has 4 aromatic rings. The first kappa shape index (κ1) is 40.9. The standard InChI is InChI=1S/C38H40ClN5O10S/c1-20(2)30(40)37(49)44(35(47)23-10-8-22(9-11-23)33(46)42-55(51,52)26-15-13-25(39)14-16-26)36(48)28-7-6-18-43(28)31(21(3)4)32(45)34-41-27-19-24(38(50)53-5)12-17-29(27)54-34/h8-17,19-21,28,30-31H,6-7,18,40H2,1-5H3,(H,42,46)/t28-,30-,31-/m0/s1. The first-order chi connectivity index (χ1) is 25.9. The van der Waals surface area contributed by atoms with E-state index in [0.717, 1.165) is 0 Å². The average molecular weight is 794 g/mol. The van der Waals surface area contributed by atoms with Crippen LogP contribution in [-0.2, 0) is 24.3 Å². The van der Waals surface area contributed by atoms with Crippen LogP contribution in [0.3, 0.4) is 0 Å². The lowest BCUT2D eigenvalue weighted by atomic mass is 9.96. The number of halogens is 1. The van der Waals surface area contributed by atoms with Crippen LogP contribution in [0.15, 0.2) is 76.0 Å². The van der Waals surface area contributed by atoms with Gasteiger partial charge < -0.3 is 14.9 Å². The third-order valence-corrected chi connectivity index (χ3v) is 10.8. The number of nitrogens with one attached hydrogen (secondary N) is 1. The molecular formula is C38H40ClN5O10S. The fraction of sp³-hybridized carbons (Fsp3) is 0.342. The number of methoxy groups -OCH3 is 1. The maximum atomic E-state index is 14.4. The number of rotatable bonds is 12. The first-order valence-corrected chi connectivity index (χ1v) is 19.2. The van der Waals surface area contributed by atoms with Gasteiger partial charge in [-0.1, -0.05) is 39.3 Å². The molecule has 3 atom stereocenters. The van der Waals surface area contributed by atoms with Crippen LogP contribution in [-0.4, -0.2) is 90.4 Å². The second-order valence-corrected chi connectivity index (χ2v) is 15.8. The molecule has 3 aromatic carbocycles. The highest BCUT2D eigenvalue weighted by molar-refractivity contribution is 7.90. The highest BCUT2D eigenvalue weighted by Crippen LogP contribution is 2.30. The van der Waals surface area contributed by atoms with Gasteiger partial charge in [0.05, 0.1) is 35.7 Å². The van der Waals surface area contributed by atoms with Gasteiger partial charge in [0.1, 0.15) is 5.52 Å². The Kier molecular flexibility index (Phi) is 12.3. The van der Waals surface area contributed by atoms with E-state index >= 15 is 0 Å². The third kappa shape index (κ3) is 8.67.